The molecule has 2 amide bonds. The molecule has 2 bridgehead atoms. The lowest BCUT2D eigenvalue weighted by Crippen LogP contribution is -2.85. The Kier molecular flexibility index (Phi) is 2.70. The van der Waals surface area contributed by atoms with Crippen molar-refractivity contribution in [3.05, 3.63) is 29.8 Å². The maximum atomic E-state index is 13.7. The number of halogens is 1. The van der Waals surface area contributed by atoms with Crippen LogP contribution in [-0.4, -0.2) is 40.0 Å². The van der Waals surface area contributed by atoms with Gasteiger partial charge >= 0.3 is 0 Å². The van der Waals surface area contributed by atoms with Crippen LogP contribution < -0.4 is 5.32 Å². The number of carbonyl (C=O) groups excluding carboxylic acids is 2. The Morgan fingerprint density at radius 1 is 1.26 bits per heavy atom. The number of alkyl halides is 1. The number of hydrogen-bond donors (Lipinski definition) is 1. The molecule has 1 saturated carbocycles. The van der Waals surface area contributed by atoms with Gasteiger partial charge in [0.25, 0.3) is 0 Å². The normalized spacial score (nSPS) is 42.9. The van der Waals surface area contributed by atoms with Crippen LogP contribution in [0.15, 0.2) is 29.3 Å². The summed E-state index contributed by atoms with van der Waals surface area (Å²) >= 11 is 4.02. The van der Waals surface area contributed by atoms with Crippen LogP contribution in [0.25, 0.3) is 0 Å². The number of piperazine rings is 1. The second-order valence-electron chi connectivity index (χ2n) is 9.45. The molecule has 0 aromatic heterocycles. The second kappa shape index (κ2) is 4.48. The van der Waals surface area contributed by atoms with Gasteiger partial charge in [0.15, 0.2) is 0 Å². The number of carbonyl (C=O) groups is 2. The number of nitrogens with zero attached hydrogens (tertiary/aromatic N) is 2. The molecule has 5 heterocycles. The standard InChI is InChI=1S/C21H22BrN3O2/c1-18(2)14-10-19-8-5-9-25(19)17(27)21(14,24-16(19)26)11-20(22)12-6-3-4-7-13(12)23-15(18)20/h3-4,6-7,14H,5,8-11H2,1-2H3,(H,24,26)/t14-,19-,20-,21-/m0/s1. The van der Waals surface area contributed by atoms with E-state index in [-0.39, 0.29) is 23.1 Å². The number of aliphatic imine (C=N–C) groups is 1. The Labute approximate surface area is 166 Å². The smallest absolute Gasteiger partial charge is 0.249 e. The first-order valence-corrected chi connectivity index (χ1v) is 10.6. The third kappa shape index (κ3) is 1.55. The van der Waals surface area contributed by atoms with E-state index in [2.05, 4.69) is 41.2 Å². The summed E-state index contributed by atoms with van der Waals surface area (Å²) in [6.07, 6.45) is 2.96. The highest BCUT2D eigenvalue weighted by Gasteiger charge is 2.76. The maximum Gasteiger partial charge on any atom is 0.249 e. The molecule has 7 rings (SSSR count). The van der Waals surface area contributed by atoms with Crippen LogP contribution >= 0.6 is 15.9 Å². The predicted molar refractivity (Wildman–Crippen MR) is 105 cm³/mol. The zero-order valence-electron chi connectivity index (χ0n) is 15.5. The van der Waals surface area contributed by atoms with Crippen molar-refractivity contribution in [1.82, 2.24) is 10.2 Å². The lowest BCUT2D eigenvalue weighted by molar-refractivity contribution is -0.181. The summed E-state index contributed by atoms with van der Waals surface area (Å²) in [6, 6.07) is 8.15. The summed E-state index contributed by atoms with van der Waals surface area (Å²) in [5.41, 5.74) is 1.38. The molecule has 1 aromatic rings. The molecule has 5 nitrogen and oxygen atoms in total. The average Bonchev–Trinajstić information content (AvgIpc) is 3.18. The van der Waals surface area contributed by atoms with Crippen LogP contribution in [0, 0.1) is 11.3 Å². The Bertz CT molecular complexity index is 972. The van der Waals surface area contributed by atoms with Gasteiger partial charge in [-0.05, 0) is 25.3 Å². The number of para-hydroxylation sites is 1. The molecular weight excluding hydrogens is 406 g/mol. The fourth-order valence-corrected chi connectivity index (χ4v) is 8.19. The SMILES string of the molecule is CC1(C)C2=Nc3ccccc3[C@@]2(Br)C[C@@]23NC(=O)[C@]4(CCCN4C2=O)C[C@@H]13. The third-order valence-corrected chi connectivity index (χ3v) is 9.04. The molecule has 1 N–H and O–H groups in total. The van der Waals surface area contributed by atoms with E-state index in [1.165, 1.54) is 0 Å². The molecule has 0 radical (unpaired) electrons. The van der Waals surface area contributed by atoms with Crippen LogP contribution in [0.3, 0.4) is 0 Å². The third-order valence-electron chi connectivity index (χ3n) is 7.95. The molecule has 4 atom stereocenters. The Balaban J connectivity index is 1.60. The van der Waals surface area contributed by atoms with Crippen LogP contribution in [0.4, 0.5) is 5.69 Å². The van der Waals surface area contributed by atoms with Gasteiger partial charge in [-0.3, -0.25) is 14.6 Å². The zero-order valence-corrected chi connectivity index (χ0v) is 17.1. The van der Waals surface area contributed by atoms with Gasteiger partial charge in [-0.25, -0.2) is 0 Å². The van der Waals surface area contributed by atoms with Gasteiger partial charge in [-0.1, -0.05) is 48.0 Å². The molecular formula is C21H22BrN3O2. The highest BCUT2D eigenvalue weighted by Crippen LogP contribution is 2.66. The van der Waals surface area contributed by atoms with Crippen LogP contribution in [0.5, 0.6) is 0 Å². The average molecular weight is 428 g/mol. The molecule has 27 heavy (non-hydrogen) atoms. The quantitative estimate of drug-likeness (QED) is 0.646. The van der Waals surface area contributed by atoms with Gasteiger partial charge in [0, 0.05) is 35.6 Å². The van der Waals surface area contributed by atoms with E-state index < -0.39 is 15.4 Å². The first-order valence-electron chi connectivity index (χ1n) is 9.79. The number of benzene rings is 1. The molecule has 5 fully saturated rings. The highest BCUT2D eigenvalue weighted by atomic mass is 79.9. The van der Waals surface area contributed by atoms with Crippen molar-refractivity contribution >= 4 is 39.1 Å². The summed E-state index contributed by atoms with van der Waals surface area (Å²) in [4.78, 5) is 33.8. The van der Waals surface area contributed by atoms with Gasteiger partial charge in [0.2, 0.25) is 11.8 Å². The predicted octanol–water partition coefficient (Wildman–Crippen LogP) is 3.04. The minimum Gasteiger partial charge on any atom is -0.339 e. The largest absolute Gasteiger partial charge is 0.339 e. The fourth-order valence-electron chi connectivity index (χ4n) is 6.82. The van der Waals surface area contributed by atoms with Gasteiger partial charge < -0.3 is 10.2 Å². The van der Waals surface area contributed by atoms with Gasteiger partial charge in [-0.15, -0.1) is 0 Å². The summed E-state index contributed by atoms with van der Waals surface area (Å²) in [6.45, 7) is 5.11. The molecule has 6 aliphatic rings. The van der Waals surface area contributed by atoms with E-state index in [1.807, 2.05) is 23.1 Å². The molecule has 1 aliphatic carbocycles. The number of nitrogens with one attached hydrogen (secondary N) is 1. The first-order chi connectivity index (χ1) is 12.8. The molecule has 5 aliphatic heterocycles. The molecule has 140 valence electrons. The van der Waals surface area contributed by atoms with E-state index in [9.17, 15) is 9.59 Å². The van der Waals surface area contributed by atoms with Crippen LogP contribution in [-0.2, 0) is 13.9 Å². The number of piperidine rings is 2. The van der Waals surface area contributed by atoms with Gasteiger partial charge in [0.05, 0.1) is 10.0 Å². The van der Waals surface area contributed by atoms with E-state index in [0.29, 0.717) is 13.0 Å². The number of hydrogen-bond acceptors (Lipinski definition) is 3. The van der Waals surface area contributed by atoms with Crippen molar-refractivity contribution in [2.45, 2.75) is 54.9 Å². The van der Waals surface area contributed by atoms with Crippen molar-refractivity contribution in [2.24, 2.45) is 16.3 Å². The lowest BCUT2D eigenvalue weighted by Gasteiger charge is -2.66. The minimum atomic E-state index is -0.855. The van der Waals surface area contributed by atoms with E-state index in [1.54, 1.807) is 0 Å². The minimum absolute atomic E-state index is 0.0504. The van der Waals surface area contributed by atoms with Gasteiger partial charge in [0.1, 0.15) is 11.1 Å². The van der Waals surface area contributed by atoms with Crippen LogP contribution in [0.1, 0.15) is 45.1 Å². The van der Waals surface area contributed by atoms with E-state index in [4.69, 9.17) is 4.99 Å². The maximum absolute atomic E-state index is 13.7. The Hall–Kier alpha value is -1.69. The van der Waals surface area contributed by atoms with Crippen molar-refractivity contribution in [3.63, 3.8) is 0 Å². The lowest BCUT2D eigenvalue weighted by atomic mass is 9.48. The summed E-state index contributed by atoms with van der Waals surface area (Å²) < 4.78 is -0.510. The van der Waals surface area contributed by atoms with Crippen LogP contribution in [0.2, 0.25) is 0 Å². The van der Waals surface area contributed by atoms with Crippen molar-refractivity contribution in [3.8, 4) is 0 Å². The molecule has 2 spiro atoms. The number of fused-ring (bicyclic) bond motifs is 4. The summed E-state index contributed by atoms with van der Waals surface area (Å²) in [7, 11) is 0. The molecule has 4 saturated heterocycles. The molecule has 0 unspecified atom stereocenters. The Morgan fingerprint density at radius 3 is 2.85 bits per heavy atom. The topological polar surface area (TPSA) is 61.8 Å². The monoisotopic (exact) mass is 427 g/mol. The summed E-state index contributed by atoms with van der Waals surface area (Å²) in [5, 5.41) is 3.25. The summed E-state index contributed by atoms with van der Waals surface area (Å²) in [5.74, 6) is 0.226. The Morgan fingerprint density at radius 2 is 2.04 bits per heavy atom. The number of amides is 2. The molecule has 1 aromatic carbocycles. The van der Waals surface area contributed by atoms with Gasteiger partial charge in [-0.2, -0.15) is 0 Å². The van der Waals surface area contributed by atoms with Crippen molar-refractivity contribution in [2.75, 3.05) is 6.54 Å². The van der Waals surface area contributed by atoms with E-state index in [0.717, 1.165) is 36.2 Å². The molecule has 6 heteroatoms. The highest BCUT2D eigenvalue weighted by molar-refractivity contribution is 9.10. The number of rotatable bonds is 0. The fraction of sp³-hybridized carbons (Fsp3) is 0.571. The zero-order chi connectivity index (χ0) is 18.8. The van der Waals surface area contributed by atoms with Crippen molar-refractivity contribution in [1.29, 1.82) is 0 Å². The van der Waals surface area contributed by atoms with E-state index >= 15 is 0 Å². The first kappa shape index (κ1) is 16.3. The van der Waals surface area contributed by atoms with Crippen molar-refractivity contribution < 1.29 is 9.59 Å². The second-order valence-corrected chi connectivity index (χ2v) is 10.8.